The van der Waals surface area contributed by atoms with E-state index in [0.717, 1.165) is 12.8 Å². The number of carbonyl (C=O) groups is 1. The Balaban J connectivity index is 0. The van der Waals surface area contributed by atoms with Crippen molar-refractivity contribution in [1.29, 1.82) is 0 Å². The van der Waals surface area contributed by atoms with E-state index in [2.05, 4.69) is 29.0 Å². The van der Waals surface area contributed by atoms with Crippen LogP contribution in [0.2, 0.25) is 5.39 Å². The van der Waals surface area contributed by atoms with Gasteiger partial charge in [-0.25, -0.2) is 0 Å². The molecule has 111 valence electrons. The molecule has 18 heavy (non-hydrogen) atoms. The Hall–Kier alpha value is -0.296. The molecule has 0 aliphatic heterocycles. The Morgan fingerprint density at radius 3 is 1.78 bits per heavy atom. The third-order valence-electron chi connectivity index (χ3n) is 2.59. The Morgan fingerprint density at radius 1 is 1.06 bits per heavy atom. The van der Waals surface area contributed by atoms with Gasteiger partial charge < -0.3 is 5.11 Å². The Morgan fingerprint density at radius 2 is 1.44 bits per heavy atom. The minimum Gasteiger partial charge on any atom is -0.481 e. The van der Waals surface area contributed by atoms with Gasteiger partial charge in [-0.3, -0.25) is 4.79 Å². The van der Waals surface area contributed by atoms with E-state index in [-0.39, 0.29) is 0 Å². The zero-order valence-corrected chi connectivity index (χ0v) is 12.7. The minimum absolute atomic E-state index is 0.343. The van der Waals surface area contributed by atoms with Crippen LogP contribution in [0.5, 0.6) is 0 Å². The van der Waals surface area contributed by atoms with Gasteiger partial charge in [0.05, 0.1) is 0 Å². The third kappa shape index (κ3) is 24.8. The van der Waals surface area contributed by atoms with Crippen molar-refractivity contribution in [2.24, 2.45) is 0 Å². The first kappa shape index (κ1) is 20.0. The first-order valence-electron chi connectivity index (χ1n) is 7.03. The van der Waals surface area contributed by atoms with Gasteiger partial charge in [0, 0.05) is 6.42 Å². The van der Waals surface area contributed by atoms with E-state index in [4.69, 9.17) is 5.11 Å². The molecule has 0 heterocycles. The summed E-state index contributed by atoms with van der Waals surface area (Å²) in [4.78, 5) is 10.2. The smallest absolute Gasteiger partial charge is 0.303 e. The molecule has 0 aromatic carbocycles. The molecule has 0 saturated carbocycles. The SMILES string of the molecule is C=C[CH2][Ni].CCCCCCCCCCCC(=O)O. The summed E-state index contributed by atoms with van der Waals surface area (Å²) in [6, 6.07) is 0. The molecular weight excluding hydrogens is 271 g/mol. The molecule has 0 aromatic heterocycles. The van der Waals surface area contributed by atoms with Crippen LogP contribution in [0.1, 0.15) is 71.1 Å². The summed E-state index contributed by atoms with van der Waals surface area (Å²) in [5.41, 5.74) is 0. The number of hydrogen-bond donors (Lipinski definition) is 1. The third-order valence-corrected chi connectivity index (χ3v) is 2.87. The fraction of sp³-hybridized carbons (Fsp3) is 0.800. The first-order valence-corrected chi connectivity index (χ1v) is 7.73. The summed E-state index contributed by atoms with van der Waals surface area (Å²) in [7, 11) is 0. The molecule has 0 aliphatic rings. The molecule has 0 aliphatic carbocycles. The van der Waals surface area contributed by atoms with Crippen LogP contribution in [0.4, 0.5) is 0 Å². The molecule has 0 unspecified atom stereocenters. The topological polar surface area (TPSA) is 37.3 Å². The summed E-state index contributed by atoms with van der Waals surface area (Å²) in [6.07, 6.45) is 13.2. The maximum Gasteiger partial charge on any atom is 0.303 e. The van der Waals surface area contributed by atoms with Crippen molar-refractivity contribution in [3.05, 3.63) is 12.7 Å². The van der Waals surface area contributed by atoms with Crippen molar-refractivity contribution in [3.63, 3.8) is 0 Å². The summed E-state index contributed by atoms with van der Waals surface area (Å²) in [5, 5.41) is 9.12. The molecule has 0 amide bonds. The Kier molecular flexibility index (Phi) is 21.2. The molecule has 3 heteroatoms. The molecule has 0 aromatic rings. The standard InChI is InChI=1S/C12H24O2.C3H5.Ni/c1-2-3-4-5-6-7-8-9-10-11-12(13)14;1-3-2;/h2-11H2,1H3,(H,13,14);3H,1-2H2;. The number of unbranched alkanes of at least 4 members (excludes halogenated alkanes) is 8. The summed E-state index contributed by atoms with van der Waals surface area (Å²) >= 11 is 4.20. The van der Waals surface area contributed by atoms with Crippen LogP contribution in [0.3, 0.4) is 0 Å². The predicted octanol–water partition coefficient (Wildman–Crippen LogP) is 5.13. The van der Waals surface area contributed by atoms with Gasteiger partial charge in [-0.2, -0.15) is 0 Å². The Bertz CT molecular complexity index is 181. The van der Waals surface area contributed by atoms with Gasteiger partial charge in [0.15, 0.2) is 0 Å². The van der Waals surface area contributed by atoms with E-state index in [0.29, 0.717) is 11.8 Å². The second kappa shape index (κ2) is 19.1. The molecule has 0 fully saturated rings. The van der Waals surface area contributed by atoms with Crippen LogP contribution in [0.15, 0.2) is 12.7 Å². The summed E-state index contributed by atoms with van der Waals surface area (Å²) in [6.45, 7) is 5.61. The average Bonchev–Trinajstić information content (AvgIpc) is 2.37. The molecule has 0 rings (SSSR count). The second-order valence-corrected chi connectivity index (χ2v) is 4.79. The van der Waals surface area contributed by atoms with E-state index >= 15 is 0 Å². The van der Waals surface area contributed by atoms with Gasteiger partial charge in [-0.1, -0.05) is 58.3 Å². The maximum absolute atomic E-state index is 10.2. The molecular formula is C15H29NiO2. The largest absolute Gasteiger partial charge is 0.481 e. The van der Waals surface area contributed by atoms with E-state index in [9.17, 15) is 4.79 Å². The van der Waals surface area contributed by atoms with E-state index < -0.39 is 5.97 Å². The number of allylic oxidation sites excluding steroid dienone is 1. The van der Waals surface area contributed by atoms with E-state index in [1.807, 2.05) is 0 Å². The molecule has 0 spiro atoms. The number of carboxylic acids is 1. The van der Waals surface area contributed by atoms with E-state index in [1.165, 1.54) is 44.9 Å². The normalized spacial score (nSPS) is 9.50. The number of carboxylic acid groups (broad SMARTS) is 1. The van der Waals surface area contributed by atoms with Gasteiger partial charge in [-0.05, 0) is 6.42 Å². The average molecular weight is 300 g/mol. The van der Waals surface area contributed by atoms with Crippen molar-refractivity contribution >= 4 is 5.97 Å². The minimum atomic E-state index is -0.659. The molecule has 0 saturated heterocycles. The van der Waals surface area contributed by atoms with Gasteiger partial charge >= 0.3 is 39.5 Å². The van der Waals surface area contributed by atoms with Gasteiger partial charge in [0.2, 0.25) is 0 Å². The zero-order chi connectivity index (χ0) is 14.1. The van der Waals surface area contributed by atoms with Crippen molar-refractivity contribution < 1.29 is 25.4 Å². The first-order chi connectivity index (χ1) is 8.68. The number of rotatable bonds is 11. The van der Waals surface area contributed by atoms with Crippen molar-refractivity contribution in [2.45, 2.75) is 76.5 Å². The van der Waals surface area contributed by atoms with Crippen molar-refractivity contribution in [3.8, 4) is 0 Å². The van der Waals surface area contributed by atoms with Gasteiger partial charge in [0.1, 0.15) is 0 Å². The van der Waals surface area contributed by atoms with Crippen LogP contribution in [0.25, 0.3) is 0 Å². The van der Waals surface area contributed by atoms with Crippen LogP contribution in [-0.4, -0.2) is 11.1 Å². The maximum atomic E-state index is 10.2. The van der Waals surface area contributed by atoms with Crippen molar-refractivity contribution in [2.75, 3.05) is 0 Å². The number of aliphatic carboxylic acids is 1. The number of hydrogen-bond acceptors (Lipinski definition) is 1. The monoisotopic (exact) mass is 299 g/mol. The van der Waals surface area contributed by atoms with E-state index in [1.54, 1.807) is 6.08 Å². The molecule has 0 atom stereocenters. The van der Waals surface area contributed by atoms with Crippen molar-refractivity contribution in [1.82, 2.24) is 0 Å². The van der Waals surface area contributed by atoms with Gasteiger partial charge in [0.25, 0.3) is 0 Å². The summed E-state index contributed by atoms with van der Waals surface area (Å²) < 4.78 is 0. The Labute approximate surface area is 121 Å². The van der Waals surface area contributed by atoms with Crippen LogP contribution >= 0.6 is 0 Å². The van der Waals surface area contributed by atoms with Crippen LogP contribution in [-0.2, 0) is 20.3 Å². The molecule has 0 radical (unpaired) electrons. The predicted molar refractivity (Wildman–Crippen MR) is 74.5 cm³/mol. The molecule has 0 bridgehead atoms. The van der Waals surface area contributed by atoms with Crippen LogP contribution < -0.4 is 0 Å². The van der Waals surface area contributed by atoms with Crippen LogP contribution in [0, 0.1) is 0 Å². The molecule has 2 nitrogen and oxygen atoms in total. The summed E-state index contributed by atoms with van der Waals surface area (Å²) in [5.74, 6) is -0.659. The van der Waals surface area contributed by atoms with Gasteiger partial charge in [-0.15, -0.1) is 0 Å². The zero-order valence-electron chi connectivity index (χ0n) is 11.7. The quantitative estimate of drug-likeness (QED) is 0.326. The second-order valence-electron chi connectivity index (χ2n) is 4.39. The fourth-order valence-corrected chi connectivity index (χ4v) is 1.59. The fourth-order valence-electron chi connectivity index (χ4n) is 1.59. The molecule has 1 N–H and O–H groups in total.